The van der Waals surface area contributed by atoms with Gasteiger partial charge in [0.25, 0.3) is 0 Å². The molecule has 0 spiro atoms. The molecule has 1 N–H and O–H groups in total. The van der Waals surface area contributed by atoms with Crippen LogP contribution >= 0.6 is 11.3 Å². The van der Waals surface area contributed by atoms with Gasteiger partial charge in [-0.1, -0.05) is 6.07 Å². The molecular weight excluding hydrogens is 320 g/mol. The predicted molar refractivity (Wildman–Crippen MR) is 97.2 cm³/mol. The molecule has 3 aromatic heterocycles. The molecule has 0 aliphatic rings. The molecule has 0 radical (unpaired) electrons. The van der Waals surface area contributed by atoms with Gasteiger partial charge in [-0.25, -0.2) is 4.98 Å². The highest BCUT2D eigenvalue weighted by atomic mass is 32.1. The number of rotatable bonds is 5. The van der Waals surface area contributed by atoms with E-state index in [4.69, 9.17) is 4.98 Å². The Morgan fingerprint density at radius 3 is 2.79 bits per heavy atom. The number of carbonyl (C=O) groups excluding carboxylic acids is 1. The van der Waals surface area contributed by atoms with Gasteiger partial charge in [-0.15, -0.1) is 11.3 Å². The van der Waals surface area contributed by atoms with E-state index in [9.17, 15) is 4.79 Å². The fourth-order valence-electron chi connectivity index (χ4n) is 3.16. The smallest absolute Gasteiger partial charge is 0.220 e. The van der Waals surface area contributed by atoms with Gasteiger partial charge in [-0.3, -0.25) is 9.48 Å². The van der Waals surface area contributed by atoms with Gasteiger partial charge in [-0.2, -0.15) is 5.10 Å². The highest BCUT2D eigenvalue weighted by Crippen LogP contribution is 2.25. The first-order valence-corrected chi connectivity index (χ1v) is 8.93. The topological polar surface area (TPSA) is 59.8 Å². The average Bonchev–Trinajstić information content (AvgIpc) is 3.13. The maximum atomic E-state index is 12.1. The zero-order valence-corrected chi connectivity index (χ0v) is 15.3. The summed E-state index contributed by atoms with van der Waals surface area (Å²) in [5.74, 6) is 0.0743. The van der Waals surface area contributed by atoms with Crippen molar-refractivity contribution in [1.29, 1.82) is 0 Å². The molecule has 126 valence electrons. The Bertz CT molecular complexity index is 880. The molecule has 0 saturated heterocycles. The second kappa shape index (κ2) is 6.73. The van der Waals surface area contributed by atoms with Crippen LogP contribution in [0.25, 0.3) is 11.0 Å². The van der Waals surface area contributed by atoms with E-state index < -0.39 is 0 Å². The summed E-state index contributed by atoms with van der Waals surface area (Å²) in [7, 11) is 1.92. The Balaban J connectivity index is 1.73. The summed E-state index contributed by atoms with van der Waals surface area (Å²) in [6.07, 6.45) is 1.17. The SMILES string of the molecule is Cc1nc2c(c(C)nn2C)c(C)c1CCC(=O)NCc1cccs1. The number of aryl methyl sites for hydroxylation is 4. The number of hydrogen-bond donors (Lipinski definition) is 1. The number of fused-ring (bicyclic) bond motifs is 1. The molecule has 0 bridgehead atoms. The molecule has 0 aliphatic heterocycles. The van der Waals surface area contributed by atoms with Crippen LogP contribution in [0.2, 0.25) is 0 Å². The van der Waals surface area contributed by atoms with Gasteiger partial charge in [0.15, 0.2) is 5.65 Å². The van der Waals surface area contributed by atoms with Crippen molar-refractivity contribution in [2.75, 3.05) is 0 Å². The van der Waals surface area contributed by atoms with Crippen LogP contribution in [0.3, 0.4) is 0 Å². The van der Waals surface area contributed by atoms with Gasteiger partial charge in [0, 0.05) is 29.4 Å². The van der Waals surface area contributed by atoms with Crippen molar-refractivity contribution in [3.63, 3.8) is 0 Å². The fourth-order valence-corrected chi connectivity index (χ4v) is 3.80. The number of hydrogen-bond acceptors (Lipinski definition) is 4. The third-order valence-electron chi connectivity index (χ3n) is 4.37. The van der Waals surface area contributed by atoms with Crippen molar-refractivity contribution in [3.05, 3.63) is 44.9 Å². The van der Waals surface area contributed by atoms with Crippen molar-refractivity contribution in [3.8, 4) is 0 Å². The molecule has 3 aromatic rings. The first kappa shape index (κ1) is 16.6. The van der Waals surface area contributed by atoms with Gasteiger partial charge in [0.1, 0.15) is 0 Å². The summed E-state index contributed by atoms with van der Waals surface area (Å²) in [6.45, 7) is 6.72. The maximum Gasteiger partial charge on any atom is 0.220 e. The zero-order chi connectivity index (χ0) is 17.3. The van der Waals surface area contributed by atoms with Gasteiger partial charge in [0.2, 0.25) is 5.91 Å². The number of carbonyl (C=O) groups is 1. The number of nitrogens with zero attached hydrogens (tertiary/aromatic N) is 3. The van der Waals surface area contributed by atoms with E-state index in [2.05, 4.69) is 17.3 Å². The molecular formula is C18H22N4OS. The second-order valence-electron chi connectivity index (χ2n) is 6.06. The molecule has 0 saturated carbocycles. The van der Waals surface area contributed by atoms with E-state index in [1.165, 1.54) is 10.4 Å². The third-order valence-corrected chi connectivity index (χ3v) is 5.25. The van der Waals surface area contributed by atoms with Gasteiger partial charge in [0.05, 0.1) is 12.2 Å². The zero-order valence-electron chi connectivity index (χ0n) is 14.5. The number of thiophene rings is 1. The largest absolute Gasteiger partial charge is 0.351 e. The van der Waals surface area contributed by atoms with Crippen molar-refractivity contribution in [2.24, 2.45) is 7.05 Å². The van der Waals surface area contributed by atoms with Gasteiger partial charge >= 0.3 is 0 Å². The second-order valence-corrected chi connectivity index (χ2v) is 7.10. The van der Waals surface area contributed by atoms with Crippen LogP contribution in [-0.2, 0) is 24.8 Å². The maximum absolute atomic E-state index is 12.1. The predicted octanol–water partition coefficient (Wildman–Crippen LogP) is 3.20. The first-order chi connectivity index (χ1) is 11.5. The van der Waals surface area contributed by atoms with E-state index in [1.807, 2.05) is 43.1 Å². The molecule has 0 atom stereocenters. The Labute approximate surface area is 145 Å². The first-order valence-electron chi connectivity index (χ1n) is 8.06. The molecule has 0 unspecified atom stereocenters. The Morgan fingerprint density at radius 2 is 2.08 bits per heavy atom. The number of aromatic nitrogens is 3. The lowest BCUT2D eigenvalue weighted by Gasteiger charge is -2.11. The summed E-state index contributed by atoms with van der Waals surface area (Å²) < 4.78 is 1.82. The van der Waals surface area contributed by atoms with E-state index in [-0.39, 0.29) is 5.91 Å². The molecule has 3 rings (SSSR count). The van der Waals surface area contributed by atoms with Crippen LogP contribution < -0.4 is 5.32 Å². The van der Waals surface area contributed by atoms with Crippen molar-refractivity contribution < 1.29 is 4.79 Å². The lowest BCUT2D eigenvalue weighted by atomic mass is 9.99. The minimum atomic E-state index is 0.0743. The summed E-state index contributed by atoms with van der Waals surface area (Å²) in [6, 6.07) is 4.03. The highest BCUT2D eigenvalue weighted by Gasteiger charge is 2.16. The van der Waals surface area contributed by atoms with Gasteiger partial charge in [-0.05, 0) is 49.8 Å². The van der Waals surface area contributed by atoms with Crippen molar-refractivity contribution >= 4 is 28.3 Å². The average molecular weight is 342 g/mol. The quantitative estimate of drug-likeness (QED) is 0.774. The minimum absolute atomic E-state index is 0.0743. The molecule has 0 aliphatic carbocycles. The van der Waals surface area contributed by atoms with E-state index in [0.29, 0.717) is 19.4 Å². The Kier molecular flexibility index (Phi) is 4.66. The molecule has 24 heavy (non-hydrogen) atoms. The molecule has 0 fully saturated rings. The lowest BCUT2D eigenvalue weighted by molar-refractivity contribution is -0.121. The van der Waals surface area contributed by atoms with Gasteiger partial charge < -0.3 is 5.32 Å². The van der Waals surface area contributed by atoms with E-state index in [1.54, 1.807) is 11.3 Å². The summed E-state index contributed by atoms with van der Waals surface area (Å²) in [5.41, 5.74) is 5.22. The molecule has 6 heteroatoms. The summed E-state index contributed by atoms with van der Waals surface area (Å²) >= 11 is 1.66. The molecule has 5 nitrogen and oxygen atoms in total. The monoisotopic (exact) mass is 342 g/mol. The summed E-state index contributed by atoms with van der Waals surface area (Å²) in [4.78, 5) is 18.0. The molecule has 1 amide bonds. The van der Waals surface area contributed by atoms with Crippen LogP contribution in [-0.4, -0.2) is 20.7 Å². The van der Waals surface area contributed by atoms with Crippen LogP contribution in [0.5, 0.6) is 0 Å². The van der Waals surface area contributed by atoms with Crippen molar-refractivity contribution in [1.82, 2.24) is 20.1 Å². The van der Waals surface area contributed by atoms with E-state index >= 15 is 0 Å². The van der Waals surface area contributed by atoms with Crippen LogP contribution in [0.15, 0.2) is 17.5 Å². The fraction of sp³-hybridized carbons (Fsp3) is 0.389. The van der Waals surface area contributed by atoms with Crippen LogP contribution in [0.1, 0.15) is 33.8 Å². The minimum Gasteiger partial charge on any atom is -0.351 e. The Morgan fingerprint density at radius 1 is 1.29 bits per heavy atom. The molecule has 3 heterocycles. The lowest BCUT2D eigenvalue weighted by Crippen LogP contribution is -2.22. The number of pyridine rings is 1. The molecule has 0 aromatic carbocycles. The van der Waals surface area contributed by atoms with Crippen LogP contribution in [0, 0.1) is 20.8 Å². The number of nitrogens with one attached hydrogen (secondary N) is 1. The Hall–Kier alpha value is -2.21. The summed E-state index contributed by atoms with van der Waals surface area (Å²) in [5, 5.41) is 10.6. The standard InChI is InChI=1S/C18H22N4OS/c1-11-15(7-8-16(23)19-10-14-6-5-9-24-14)12(2)20-18-17(11)13(3)21-22(18)4/h5-6,9H,7-8,10H2,1-4H3,(H,19,23). The number of amides is 1. The van der Waals surface area contributed by atoms with E-state index in [0.717, 1.165) is 28.0 Å². The van der Waals surface area contributed by atoms with Crippen LogP contribution in [0.4, 0.5) is 0 Å². The normalized spacial score (nSPS) is 11.2. The van der Waals surface area contributed by atoms with Crippen molar-refractivity contribution in [2.45, 2.75) is 40.2 Å². The highest BCUT2D eigenvalue weighted by molar-refractivity contribution is 7.09. The third kappa shape index (κ3) is 3.19.